The van der Waals surface area contributed by atoms with Crippen LogP contribution in [0.5, 0.6) is 0 Å². The first-order valence-electron chi connectivity index (χ1n) is 9.12. The number of rotatable bonds is 3. The minimum atomic E-state index is -2.57. The Morgan fingerprint density at radius 3 is 2.76 bits per heavy atom. The zero-order chi connectivity index (χ0) is 20.6. The number of hydrogen-bond donors (Lipinski definition) is 3. The summed E-state index contributed by atoms with van der Waals surface area (Å²) in [4.78, 5) is 19.2. The number of pyridine rings is 1. The van der Waals surface area contributed by atoms with E-state index in [-0.39, 0.29) is 17.4 Å². The van der Waals surface area contributed by atoms with Gasteiger partial charge in [0.15, 0.2) is 0 Å². The molecule has 0 radical (unpaired) electrons. The van der Waals surface area contributed by atoms with E-state index in [2.05, 4.69) is 16.4 Å². The van der Waals surface area contributed by atoms with Crippen LogP contribution in [0, 0.1) is 11.3 Å². The van der Waals surface area contributed by atoms with E-state index >= 15 is 0 Å². The van der Waals surface area contributed by atoms with Crippen molar-refractivity contribution in [1.29, 1.82) is 5.26 Å². The number of aryl methyl sites for hydroxylation is 1. The number of aromatic nitrogens is 2. The Morgan fingerprint density at radius 1 is 1.28 bits per heavy atom. The lowest BCUT2D eigenvalue weighted by molar-refractivity contribution is 0.0769. The van der Waals surface area contributed by atoms with E-state index in [1.54, 1.807) is 29.3 Å². The van der Waals surface area contributed by atoms with Crippen molar-refractivity contribution >= 4 is 38.9 Å². The summed E-state index contributed by atoms with van der Waals surface area (Å²) in [5.41, 5.74) is 2.51. The maximum Gasteiger partial charge on any atom is 0.257 e. The van der Waals surface area contributed by atoms with Crippen LogP contribution in [0.4, 0.5) is 11.5 Å². The number of nitrogens with one attached hydrogen (secondary N) is 1. The fourth-order valence-electron chi connectivity index (χ4n) is 3.48. The third-order valence-corrected chi connectivity index (χ3v) is 6.73. The van der Waals surface area contributed by atoms with Crippen molar-refractivity contribution in [1.82, 2.24) is 14.5 Å². The van der Waals surface area contributed by atoms with E-state index in [1.165, 1.54) is 0 Å². The second kappa shape index (κ2) is 7.40. The van der Waals surface area contributed by atoms with E-state index in [4.69, 9.17) is 5.26 Å². The van der Waals surface area contributed by atoms with Crippen LogP contribution in [0.3, 0.4) is 0 Å². The molecule has 3 aromatic rings. The van der Waals surface area contributed by atoms with Crippen molar-refractivity contribution in [2.24, 2.45) is 7.05 Å². The van der Waals surface area contributed by atoms with Gasteiger partial charge in [0.25, 0.3) is 5.91 Å². The van der Waals surface area contributed by atoms with Gasteiger partial charge in [-0.05, 0) is 24.3 Å². The Morgan fingerprint density at radius 2 is 2.03 bits per heavy atom. The second-order valence-corrected chi connectivity index (χ2v) is 9.45. The van der Waals surface area contributed by atoms with Crippen LogP contribution in [0.2, 0.25) is 0 Å². The Labute approximate surface area is 169 Å². The predicted octanol–water partition coefficient (Wildman–Crippen LogP) is 3.39. The molecule has 2 aromatic heterocycles. The lowest BCUT2D eigenvalue weighted by atomic mass is 10.1. The van der Waals surface area contributed by atoms with Crippen LogP contribution in [0.25, 0.3) is 10.9 Å². The molecular formula is C20H21N5O3S. The second-order valence-electron chi connectivity index (χ2n) is 7.03. The molecule has 1 saturated heterocycles. The Hall–Kier alpha value is -3.06. The molecular weight excluding hydrogens is 390 g/mol. The normalized spacial score (nSPS) is 17.0. The highest BCUT2D eigenvalue weighted by atomic mass is 32.3. The standard InChI is InChI=1S/C20H21N5O3S/c1-24-6-5-16-18(24)17(20(26)25-7-9-29(27,28)10-8-25)13-22-19(16)23-15-4-2-3-14(11-15)12-21/h2-6,11,13,27-28H,7-10H2,1H3,(H,22,23). The summed E-state index contributed by atoms with van der Waals surface area (Å²) >= 11 is 0. The van der Waals surface area contributed by atoms with Crippen LogP contribution in [0.1, 0.15) is 15.9 Å². The van der Waals surface area contributed by atoms with Gasteiger partial charge in [0.1, 0.15) is 5.82 Å². The van der Waals surface area contributed by atoms with Crippen LogP contribution in [-0.4, -0.2) is 54.1 Å². The third-order valence-electron chi connectivity index (χ3n) is 5.05. The minimum Gasteiger partial charge on any atom is -0.350 e. The molecule has 4 rings (SSSR count). The molecule has 150 valence electrons. The summed E-state index contributed by atoms with van der Waals surface area (Å²) in [7, 11) is -0.699. The highest BCUT2D eigenvalue weighted by Crippen LogP contribution is 2.40. The van der Waals surface area contributed by atoms with Crippen molar-refractivity contribution in [3.05, 3.63) is 53.9 Å². The van der Waals surface area contributed by atoms with E-state index in [1.807, 2.05) is 29.9 Å². The number of benzene rings is 1. The molecule has 1 fully saturated rings. The third kappa shape index (κ3) is 3.78. The lowest BCUT2D eigenvalue weighted by Crippen LogP contribution is -2.42. The summed E-state index contributed by atoms with van der Waals surface area (Å²) in [6, 6.07) is 11.1. The minimum absolute atomic E-state index is 0.169. The molecule has 8 nitrogen and oxygen atoms in total. The summed E-state index contributed by atoms with van der Waals surface area (Å²) in [6.45, 7) is 0.627. The van der Waals surface area contributed by atoms with E-state index < -0.39 is 10.6 Å². The predicted molar refractivity (Wildman–Crippen MR) is 114 cm³/mol. The molecule has 1 aliphatic heterocycles. The number of carbonyl (C=O) groups excluding carboxylic acids is 1. The van der Waals surface area contributed by atoms with Crippen molar-refractivity contribution in [2.75, 3.05) is 29.9 Å². The molecule has 3 N–H and O–H groups in total. The molecule has 0 atom stereocenters. The van der Waals surface area contributed by atoms with E-state index in [0.29, 0.717) is 30.0 Å². The van der Waals surface area contributed by atoms with Crippen LogP contribution < -0.4 is 5.32 Å². The lowest BCUT2D eigenvalue weighted by Gasteiger charge is -2.40. The maximum absolute atomic E-state index is 13.1. The summed E-state index contributed by atoms with van der Waals surface area (Å²) in [5.74, 6) is 0.839. The van der Waals surface area contributed by atoms with Crippen molar-refractivity contribution in [3.8, 4) is 6.07 Å². The van der Waals surface area contributed by atoms with Gasteiger partial charge in [-0.3, -0.25) is 13.9 Å². The smallest absolute Gasteiger partial charge is 0.257 e. The molecule has 3 heterocycles. The number of amides is 1. The zero-order valence-corrected chi connectivity index (χ0v) is 16.7. The van der Waals surface area contributed by atoms with Gasteiger partial charge >= 0.3 is 0 Å². The first-order chi connectivity index (χ1) is 13.9. The average Bonchev–Trinajstić information content (AvgIpc) is 3.10. The Bertz CT molecular complexity index is 1120. The van der Waals surface area contributed by atoms with Gasteiger partial charge in [0, 0.05) is 43.6 Å². The van der Waals surface area contributed by atoms with Crippen molar-refractivity contribution in [2.45, 2.75) is 0 Å². The largest absolute Gasteiger partial charge is 0.350 e. The number of hydrogen-bond acceptors (Lipinski definition) is 6. The Kier molecular flexibility index (Phi) is 4.92. The topological polar surface area (TPSA) is 114 Å². The van der Waals surface area contributed by atoms with E-state index in [9.17, 15) is 13.9 Å². The monoisotopic (exact) mass is 411 g/mol. The van der Waals surface area contributed by atoms with Crippen LogP contribution in [0.15, 0.2) is 42.7 Å². The quantitative estimate of drug-likeness (QED) is 0.609. The first-order valence-corrected chi connectivity index (χ1v) is 11.0. The molecule has 9 heteroatoms. The highest BCUT2D eigenvalue weighted by Gasteiger charge is 2.28. The number of nitriles is 1. The van der Waals surface area contributed by atoms with Crippen LogP contribution >= 0.6 is 10.6 Å². The van der Waals surface area contributed by atoms with E-state index in [0.717, 1.165) is 16.6 Å². The van der Waals surface area contributed by atoms with Gasteiger partial charge in [0.05, 0.1) is 34.2 Å². The highest BCUT2D eigenvalue weighted by molar-refractivity contribution is 8.24. The molecule has 29 heavy (non-hydrogen) atoms. The molecule has 0 saturated carbocycles. The summed E-state index contributed by atoms with van der Waals surface area (Å²) in [5, 5.41) is 13.1. The molecule has 1 aliphatic rings. The number of fused-ring (bicyclic) bond motifs is 1. The van der Waals surface area contributed by atoms with Gasteiger partial charge in [-0.15, -0.1) is 0 Å². The molecule has 0 spiro atoms. The Balaban J connectivity index is 1.67. The number of anilines is 2. The summed E-state index contributed by atoms with van der Waals surface area (Å²) < 4.78 is 21.5. The first kappa shape index (κ1) is 19.3. The molecule has 0 aliphatic carbocycles. The van der Waals surface area contributed by atoms with Crippen molar-refractivity contribution in [3.63, 3.8) is 0 Å². The molecule has 0 unspecified atom stereocenters. The maximum atomic E-state index is 13.1. The van der Waals surface area contributed by atoms with Gasteiger partial charge in [-0.1, -0.05) is 6.07 Å². The number of nitrogens with zero attached hydrogens (tertiary/aromatic N) is 4. The SMILES string of the molecule is Cn1ccc2c(Nc3cccc(C#N)c3)ncc(C(=O)N3CCS(O)(O)CC3)c21. The number of carbonyl (C=O) groups is 1. The fraction of sp³-hybridized carbons (Fsp3) is 0.250. The van der Waals surface area contributed by atoms with Gasteiger partial charge in [-0.2, -0.15) is 15.9 Å². The van der Waals surface area contributed by atoms with Crippen molar-refractivity contribution < 1.29 is 13.9 Å². The molecule has 1 aromatic carbocycles. The average molecular weight is 411 g/mol. The zero-order valence-electron chi connectivity index (χ0n) is 15.9. The fourth-order valence-corrected chi connectivity index (χ4v) is 4.70. The molecule has 1 amide bonds. The molecule has 0 bridgehead atoms. The van der Waals surface area contributed by atoms with Gasteiger partial charge in [0.2, 0.25) is 0 Å². The van der Waals surface area contributed by atoms with Gasteiger partial charge < -0.3 is 14.8 Å². The van der Waals surface area contributed by atoms with Crippen LogP contribution in [-0.2, 0) is 7.05 Å². The van der Waals surface area contributed by atoms with Gasteiger partial charge in [-0.25, -0.2) is 4.98 Å². The summed E-state index contributed by atoms with van der Waals surface area (Å²) in [6.07, 6.45) is 3.42.